The zero-order valence-electron chi connectivity index (χ0n) is 14.8. The molecule has 0 saturated heterocycles. The quantitative estimate of drug-likeness (QED) is 0.670. The van der Waals surface area contributed by atoms with Gasteiger partial charge < -0.3 is 19.5 Å². The zero-order chi connectivity index (χ0) is 19.7. The lowest BCUT2D eigenvalue weighted by Gasteiger charge is -2.14. The maximum Gasteiger partial charge on any atom is 0.422 e. The summed E-state index contributed by atoms with van der Waals surface area (Å²) in [6.07, 6.45) is -4.04. The van der Waals surface area contributed by atoms with Gasteiger partial charge in [-0.15, -0.1) is 0 Å². The minimum atomic E-state index is -4.45. The molecular weight excluding hydrogens is 355 g/mol. The van der Waals surface area contributed by atoms with Gasteiger partial charge in [0.1, 0.15) is 6.04 Å². The summed E-state index contributed by atoms with van der Waals surface area (Å²) in [5, 5.41) is 2.52. The Morgan fingerprint density at radius 2 is 1.92 bits per heavy atom. The fourth-order valence-corrected chi connectivity index (χ4v) is 2.04. The van der Waals surface area contributed by atoms with Gasteiger partial charge in [0.05, 0.1) is 13.7 Å². The largest absolute Gasteiger partial charge is 0.493 e. The summed E-state index contributed by atoms with van der Waals surface area (Å²) < 4.78 is 51.2. The van der Waals surface area contributed by atoms with Crippen molar-refractivity contribution in [2.45, 2.75) is 38.9 Å². The molecule has 0 aromatic heterocycles. The first-order chi connectivity index (χ1) is 12.2. The van der Waals surface area contributed by atoms with Gasteiger partial charge in [-0.25, -0.2) is 4.79 Å². The number of benzene rings is 1. The third kappa shape index (κ3) is 7.62. The summed E-state index contributed by atoms with van der Waals surface area (Å²) in [6, 6.07) is 3.67. The average Bonchev–Trinajstić information content (AvgIpc) is 2.57. The standard InChI is InChI=1S/C17H22F3NO5/c1-4-25-16(23)11(2)21-15(22)8-6-12-5-7-13(14(9-12)24-3)26-10-17(18,19)20/h5,7,9,11H,4,6,8,10H2,1-3H3,(H,21,22)/t11-/m0/s1. The number of ether oxygens (including phenoxy) is 3. The minimum absolute atomic E-state index is 0.0334. The molecule has 0 radical (unpaired) electrons. The van der Waals surface area contributed by atoms with Crippen LogP contribution in [0.1, 0.15) is 25.8 Å². The van der Waals surface area contributed by atoms with Crippen molar-refractivity contribution in [3.05, 3.63) is 23.8 Å². The Labute approximate surface area is 149 Å². The molecule has 0 fully saturated rings. The molecule has 1 aromatic carbocycles. The van der Waals surface area contributed by atoms with Crippen molar-refractivity contribution in [2.75, 3.05) is 20.3 Å². The maximum atomic E-state index is 12.2. The fourth-order valence-electron chi connectivity index (χ4n) is 2.04. The van der Waals surface area contributed by atoms with Crippen molar-refractivity contribution in [1.29, 1.82) is 0 Å². The summed E-state index contributed by atoms with van der Waals surface area (Å²) >= 11 is 0. The van der Waals surface area contributed by atoms with Crippen LogP contribution in [0, 0.1) is 0 Å². The Morgan fingerprint density at radius 1 is 1.23 bits per heavy atom. The summed E-state index contributed by atoms with van der Waals surface area (Å²) in [7, 11) is 1.31. The van der Waals surface area contributed by atoms with E-state index in [2.05, 4.69) is 5.32 Å². The second-order valence-corrected chi connectivity index (χ2v) is 5.43. The third-order valence-electron chi connectivity index (χ3n) is 3.28. The Balaban J connectivity index is 2.59. The second-order valence-electron chi connectivity index (χ2n) is 5.43. The van der Waals surface area contributed by atoms with Gasteiger partial charge in [-0.3, -0.25) is 4.79 Å². The number of alkyl halides is 3. The molecule has 9 heteroatoms. The molecule has 1 aromatic rings. The highest BCUT2D eigenvalue weighted by Crippen LogP contribution is 2.30. The Bertz CT molecular complexity index is 619. The number of esters is 1. The lowest BCUT2D eigenvalue weighted by atomic mass is 10.1. The summed E-state index contributed by atoms with van der Waals surface area (Å²) in [5.74, 6) is -0.753. The molecule has 0 heterocycles. The number of hydrogen-bond acceptors (Lipinski definition) is 5. The van der Waals surface area contributed by atoms with Gasteiger partial charge in [0.2, 0.25) is 5.91 Å². The molecule has 1 amide bonds. The number of halogens is 3. The van der Waals surface area contributed by atoms with Crippen LogP contribution in [0.5, 0.6) is 11.5 Å². The summed E-state index contributed by atoms with van der Waals surface area (Å²) in [4.78, 5) is 23.3. The maximum absolute atomic E-state index is 12.2. The Hall–Kier alpha value is -2.45. The predicted molar refractivity (Wildman–Crippen MR) is 87.1 cm³/mol. The molecule has 0 spiro atoms. The lowest BCUT2D eigenvalue weighted by molar-refractivity contribution is -0.153. The van der Waals surface area contributed by atoms with Crippen LogP contribution in [-0.4, -0.2) is 44.4 Å². The average molecular weight is 377 g/mol. The van der Waals surface area contributed by atoms with Crippen LogP contribution in [0.2, 0.25) is 0 Å². The van der Waals surface area contributed by atoms with E-state index >= 15 is 0 Å². The van der Waals surface area contributed by atoms with E-state index in [1.165, 1.54) is 26.2 Å². The molecule has 1 atom stereocenters. The van der Waals surface area contributed by atoms with E-state index in [0.29, 0.717) is 12.0 Å². The van der Waals surface area contributed by atoms with Crippen molar-refractivity contribution in [3.63, 3.8) is 0 Å². The topological polar surface area (TPSA) is 73.9 Å². The molecule has 0 bridgehead atoms. The third-order valence-corrected chi connectivity index (χ3v) is 3.28. The van der Waals surface area contributed by atoms with Gasteiger partial charge in [0, 0.05) is 6.42 Å². The number of aryl methyl sites for hydroxylation is 1. The van der Waals surface area contributed by atoms with Crippen molar-refractivity contribution in [2.24, 2.45) is 0 Å². The van der Waals surface area contributed by atoms with Crippen molar-refractivity contribution >= 4 is 11.9 Å². The van der Waals surface area contributed by atoms with E-state index in [0.717, 1.165) is 0 Å². The molecule has 0 aliphatic heterocycles. The minimum Gasteiger partial charge on any atom is -0.493 e. The highest BCUT2D eigenvalue weighted by Gasteiger charge is 2.29. The number of rotatable bonds is 9. The Morgan fingerprint density at radius 3 is 2.50 bits per heavy atom. The molecule has 26 heavy (non-hydrogen) atoms. The lowest BCUT2D eigenvalue weighted by Crippen LogP contribution is -2.39. The van der Waals surface area contributed by atoms with Crippen molar-refractivity contribution in [3.8, 4) is 11.5 Å². The van der Waals surface area contributed by atoms with Gasteiger partial charge in [-0.2, -0.15) is 13.2 Å². The monoisotopic (exact) mass is 377 g/mol. The van der Waals surface area contributed by atoms with Crippen molar-refractivity contribution in [1.82, 2.24) is 5.32 Å². The summed E-state index contributed by atoms with van der Waals surface area (Å²) in [6.45, 7) is 1.99. The number of hydrogen-bond donors (Lipinski definition) is 1. The number of carbonyl (C=O) groups excluding carboxylic acids is 2. The first-order valence-electron chi connectivity index (χ1n) is 7.98. The zero-order valence-corrected chi connectivity index (χ0v) is 14.8. The molecule has 1 N–H and O–H groups in total. The predicted octanol–water partition coefficient (Wildman–Crippen LogP) is 2.64. The number of carbonyl (C=O) groups is 2. The molecule has 0 saturated carbocycles. The van der Waals surface area contributed by atoms with Crippen LogP contribution in [0.15, 0.2) is 18.2 Å². The van der Waals surface area contributed by atoms with Gasteiger partial charge in [0.15, 0.2) is 18.1 Å². The van der Waals surface area contributed by atoms with Gasteiger partial charge in [0.25, 0.3) is 0 Å². The molecular formula is C17H22F3NO5. The van der Waals surface area contributed by atoms with Gasteiger partial charge in [-0.1, -0.05) is 6.07 Å². The molecule has 0 aliphatic rings. The molecule has 0 aliphatic carbocycles. The first kappa shape index (κ1) is 21.6. The van der Waals surface area contributed by atoms with Crippen LogP contribution < -0.4 is 14.8 Å². The molecule has 146 valence electrons. The number of nitrogens with one attached hydrogen (secondary N) is 1. The number of methoxy groups -OCH3 is 1. The molecule has 6 nitrogen and oxygen atoms in total. The van der Waals surface area contributed by atoms with Crippen LogP contribution in [0.3, 0.4) is 0 Å². The van der Waals surface area contributed by atoms with E-state index in [1.54, 1.807) is 13.0 Å². The van der Waals surface area contributed by atoms with Crippen LogP contribution in [0.4, 0.5) is 13.2 Å². The summed E-state index contributed by atoms with van der Waals surface area (Å²) in [5.41, 5.74) is 0.681. The van der Waals surface area contributed by atoms with E-state index in [1.807, 2.05) is 0 Å². The van der Waals surface area contributed by atoms with E-state index < -0.39 is 24.8 Å². The van der Waals surface area contributed by atoms with E-state index in [4.69, 9.17) is 14.2 Å². The van der Waals surface area contributed by atoms with Crippen LogP contribution in [0.25, 0.3) is 0 Å². The first-order valence-corrected chi connectivity index (χ1v) is 7.98. The van der Waals surface area contributed by atoms with Crippen molar-refractivity contribution < 1.29 is 37.0 Å². The van der Waals surface area contributed by atoms with Gasteiger partial charge >= 0.3 is 12.1 Å². The highest BCUT2D eigenvalue weighted by molar-refractivity contribution is 5.84. The van der Waals surface area contributed by atoms with E-state index in [9.17, 15) is 22.8 Å². The fraction of sp³-hybridized carbons (Fsp3) is 0.529. The van der Waals surface area contributed by atoms with Crippen LogP contribution in [-0.2, 0) is 20.7 Å². The van der Waals surface area contributed by atoms with E-state index in [-0.39, 0.29) is 30.4 Å². The number of amides is 1. The molecule has 1 rings (SSSR count). The highest BCUT2D eigenvalue weighted by atomic mass is 19.4. The SMILES string of the molecule is CCOC(=O)[C@H](C)NC(=O)CCc1ccc(OCC(F)(F)F)c(OC)c1. The van der Waals surface area contributed by atoms with Crippen LogP contribution >= 0.6 is 0 Å². The van der Waals surface area contributed by atoms with Gasteiger partial charge in [-0.05, 0) is 38.0 Å². The second kappa shape index (κ2) is 9.88. The Kier molecular flexibility index (Phi) is 8.21. The normalized spacial score (nSPS) is 12.2. The molecule has 0 unspecified atom stereocenters. The smallest absolute Gasteiger partial charge is 0.422 e.